The molecule has 0 amide bonds. The number of hydrogen-bond donors (Lipinski definition) is 0. The highest BCUT2D eigenvalue weighted by molar-refractivity contribution is 7.99. The lowest BCUT2D eigenvalue weighted by Gasteiger charge is -2.23. The maximum atomic E-state index is 11.2. The average Bonchev–Trinajstić information content (AvgIpc) is 3.08. The van der Waals surface area contributed by atoms with E-state index in [0.29, 0.717) is 6.10 Å². The summed E-state index contributed by atoms with van der Waals surface area (Å²) in [6.45, 7) is 1.61. The molecule has 2 fully saturated rings. The van der Waals surface area contributed by atoms with E-state index in [4.69, 9.17) is 4.74 Å². The topological polar surface area (TPSA) is 26.3 Å². The molecule has 1 heterocycles. The fourth-order valence-corrected chi connectivity index (χ4v) is 4.32. The highest BCUT2D eigenvalue weighted by Crippen LogP contribution is 2.44. The predicted molar refractivity (Wildman–Crippen MR) is 82.5 cm³/mol. The van der Waals surface area contributed by atoms with Gasteiger partial charge in [0.1, 0.15) is 0 Å². The van der Waals surface area contributed by atoms with E-state index in [1.54, 1.807) is 6.92 Å². The normalized spacial score (nSPS) is 24.4. The maximum absolute atomic E-state index is 11.2. The van der Waals surface area contributed by atoms with Crippen molar-refractivity contribution >= 4 is 17.5 Å². The van der Waals surface area contributed by atoms with Gasteiger partial charge in [-0.3, -0.25) is 4.79 Å². The van der Waals surface area contributed by atoms with Gasteiger partial charge in [0.25, 0.3) is 0 Å². The monoisotopic (exact) mass is 290 g/mol. The van der Waals surface area contributed by atoms with Gasteiger partial charge in [0.15, 0.2) is 5.78 Å². The minimum absolute atomic E-state index is 0.129. The van der Waals surface area contributed by atoms with Crippen molar-refractivity contribution in [2.45, 2.75) is 62.0 Å². The van der Waals surface area contributed by atoms with Crippen LogP contribution in [0.3, 0.4) is 0 Å². The van der Waals surface area contributed by atoms with E-state index in [2.05, 4.69) is 0 Å². The van der Waals surface area contributed by atoms with Crippen molar-refractivity contribution in [2.24, 2.45) is 0 Å². The Hall–Kier alpha value is -0.800. The molecule has 0 bridgehead atoms. The van der Waals surface area contributed by atoms with Crippen LogP contribution in [0.25, 0.3) is 0 Å². The molecule has 108 valence electrons. The Morgan fingerprint density at radius 3 is 2.60 bits per heavy atom. The molecule has 2 nitrogen and oxygen atoms in total. The van der Waals surface area contributed by atoms with Crippen LogP contribution in [0.1, 0.15) is 55.8 Å². The number of rotatable bonds is 4. The van der Waals surface area contributed by atoms with Gasteiger partial charge in [0.05, 0.1) is 11.7 Å². The molecule has 2 aliphatic rings. The summed E-state index contributed by atoms with van der Waals surface area (Å²) in [5.41, 5.74) is 1.03. The first kappa shape index (κ1) is 14.2. The summed E-state index contributed by atoms with van der Waals surface area (Å²) in [7, 11) is 0. The molecule has 0 aromatic heterocycles. The zero-order chi connectivity index (χ0) is 14.0. The van der Waals surface area contributed by atoms with Crippen molar-refractivity contribution < 1.29 is 9.53 Å². The number of benzene rings is 1. The third-order valence-corrected chi connectivity index (χ3v) is 5.69. The Kier molecular flexibility index (Phi) is 4.18. The lowest BCUT2D eigenvalue weighted by Crippen LogP contribution is -2.25. The van der Waals surface area contributed by atoms with Gasteiger partial charge in [-0.1, -0.05) is 25.0 Å². The molecule has 3 rings (SSSR count). The Bertz CT molecular complexity index is 474. The Labute approximate surface area is 125 Å². The third kappa shape index (κ3) is 3.09. The van der Waals surface area contributed by atoms with Crippen LogP contribution in [-0.2, 0) is 4.74 Å². The second-order valence-electron chi connectivity index (χ2n) is 6.06. The van der Waals surface area contributed by atoms with E-state index in [0.717, 1.165) is 11.3 Å². The van der Waals surface area contributed by atoms with E-state index in [1.165, 1.54) is 43.4 Å². The fraction of sp³-hybridized carbons (Fsp3) is 0.588. The van der Waals surface area contributed by atoms with E-state index in [1.807, 2.05) is 36.0 Å². The van der Waals surface area contributed by atoms with E-state index in [9.17, 15) is 4.79 Å². The molecule has 1 unspecified atom stereocenters. The number of carbonyl (C=O) groups is 1. The number of ketones is 1. The Morgan fingerprint density at radius 2 is 1.95 bits per heavy atom. The highest BCUT2D eigenvalue weighted by atomic mass is 32.2. The van der Waals surface area contributed by atoms with Crippen LogP contribution in [0.5, 0.6) is 0 Å². The molecule has 0 radical (unpaired) electrons. The zero-order valence-corrected chi connectivity index (χ0v) is 12.9. The lowest BCUT2D eigenvalue weighted by molar-refractivity contribution is -0.0267. The number of carbonyl (C=O) groups excluding carboxylic acids is 1. The standard InChI is InChI=1S/C17H22O2S/c1-13(18)14-4-6-16(7-5-14)20-12-15-8-11-17(19-15)9-2-3-10-17/h4-7,15H,2-3,8-12H2,1H3. The van der Waals surface area contributed by atoms with Crippen molar-refractivity contribution in [1.82, 2.24) is 0 Å². The molecule has 1 aromatic rings. The van der Waals surface area contributed by atoms with Gasteiger partial charge in [-0.25, -0.2) is 0 Å². The van der Waals surface area contributed by atoms with Gasteiger partial charge in [0.2, 0.25) is 0 Å². The van der Waals surface area contributed by atoms with Crippen LogP contribution in [-0.4, -0.2) is 23.2 Å². The van der Waals surface area contributed by atoms with Crippen LogP contribution in [0, 0.1) is 0 Å². The minimum atomic E-state index is 0.129. The smallest absolute Gasteiger partial charge is 0.159 e. The largest absolute Gasteiger partial charge is 0.371 e. The molecule has 3 heteroatoms. The Balaban J connectivity index is 1.51. The number of Topliss-reactive ketones (excluding diaryl/α,β-unsaturated/α-hetero) is 1. The molecule has 20 heavy (non-hydrogen) atoms. The van der Waals surface area contributed by atoms with Gasteiger partial charge in [-0.2, -0.15) is 0 Å². The summed E-state index contributed by atoms with van der Waals surface area (Å²) in [6, 6.07) is 7.92. The number of ether oxygens (including phenoxy) is 1. The number of hydrogen-bond acceptors (Lipinski definition) is 3. The summed E-state index contributed by atoms with van der Waals surface area (Å²) >= 11 is 1.84. The zero-order valence-electron chi connectivity index (χ0n) is 12.1. The molecular weight excluding hydrogens is 268 g/mol. The molecule has 1 aromatic carbocycles. The average molecular weight is 290 g/mol. The first-order chi connectivity index (χ1) is 9.67. The number of thioether (sulfide) groups is 1. The molecule has 1 spiro atoms. The summed E-state index contributed by atoms with van der Waals surface area (Å²) in [5, 5.41) is 0. The molecular formula is C17H22O2S. The molecule has 1 saturated heterocycles. The Morgan fingerprint density at radius 1 is 1.25 bits per heavy atom. The van der Waals surface area contributed by atoms with Crippen molar-refractivity contribution in [3.63, 3.8) is 0 Å². The van der Waals surface area contributed by atoms with Crippen molar-refractivity contribution in [3.8, 4) is 0 Å². The second kappa shape index (κ2) is 5.90. The molecule has 1 saturated carbocycles. The van der Waals surface area contributed by atoms with Crippen molar-refractivity contribution in [1.29, 1.82) is 0 Å². The van der Waals surface area contributed by atoms with Gasteiger partial charge in [-0.15, -0.1) is 11.8 Å². The third-order valence-electron chi connectivity index (χ3n) is 4.55. The van der Waals surface area contributed by atoms with E-state index in [-0.39, 0.29) is 11.4 Å². The minimum Gasteiger partial charge on any atom is -0.371 e. The van der Waals surface area contributed by atoms with Gasteiger partial charge >= 0.3 is 0 Å². The summed E-state index contributed by atoms with van der Waals surface area (Å²) in [6.07, 6.45) is 8.08. The molecule has 1 atom stereocenters. The molecule has 1 aliphatic heterocycles. The van der Waals surface area contributed by atoms with Crippen LogP contribution < -0.4 is 0 Å². The molecule has 0 N–H and O–H groups in total. The molecule has 1 aliphatic carbocycles. The van der Waals surface area contributed by atoms with Crippen molar-refractivity contribution in [2.75, 3.05) is 5.75 Å². The van der Waals surface area contributed by atoms with Gasteiger partial charge in [0, 0.05) is 16.2 Å². The predicted octanol–water partition coefficient (Wildman–Crippen LogP) is 4.47. The van der Waals surface area contributed by atoms with Gasteiger partial charge < -0.3 is 4.74 Å². The van der Waals surface area contributed by atoms with Crippen LogP contribution in [0.4, 0.5) is 0 Å². The first-order valence-corrected chi connectivity index (χ1v) is 8.57. The van der Waals surface area contributed by atoms with Crippen molar-refractivity contribution in [3.05, 3.63) is 29.8 Å². The van der Waals surface area contributed by atoms with E-state index < -0.39 is 0 Å². The quantitative estimate of drug-likeness (QED) is 0.604. The SMILES string of the molecule is CC(=O)c1ccc(SCC2CCC3(CCCC3)O2)cc1. The van der Waals surface area contributed by atoms with Crippen LogP contribution in [0.15, 0.2) is 29.2 Å². The van der Waals surface area contributed by atoms with Crippen LogP contribution >= 0.6 is 11.8 Å². The fourth-order valence-electron chi connectivity index (χ4n) is 3.38. The summed E-state index contributed by atoms with van der Waals surface area (Å²) in [4.78, 5) is 12.5. The van der Waals surface area contributed by atoms with E-state index >= 15 is 0 Å². The summed E-state index contributed by atoms with van der Waals surface area (Å²) < 4.78 is 6.32. The lowest BCUT2D eigenvalue weighted by atomic mass is 9.98. The van der Waals surface area contributed by atoms with Crippen LogP contribution in [0.2, 0.25) is 0 Å². The summed E-state index contributed by atoms with van der Waals surface area (Å²) in [5.74, 6) is 1.16. The maximum Gasteiger partial charge on any atom is 0.159 e. The highest BCUT2D eigenvalue weighted by Gasteiger charge is 2.41. The van der Waals surface area contributed by atoms with Gasteiger partial charge in [-0.05, 0) is 44.7 Å². The first-order valence-electron chi connectivity index (χ1n) is 7.59. The second-order valence-corrected chi connectivity index (χ2v) is 7.15.